The maximum atomic E-state index is 12.4. The van der Waals surface area contributed by atoms with E-state index >= 15 is 0 Å². The van der Waals surface area contributed by atoms with E-state index < -0.39 is 6.67 Å². The standard InChI is InChI=1S/C10H9FO/c11-6-7-2-1-3-9-8(7)4-5-10(9)12/h1-3H,4-6H2. The second-order valence-corrected chi connectivity index (χ2v) is 3.00. The number of fused-ring (bicyclic) bond motifs is 1. The van der Waals surface area contributed by atoms with Crippen LogP contribution in [-0.4, -0.2) is 5.78 Å². The van der Waals surface area contributed by atoms with Crippen LogP contribution in [0.15, 0.2) is 18.2 Å². The van der Waals surface area contributed by atoms with Crippen molar-refractivity contribution >= 4 is 5.78 Å². The van der Waals surface area contributed by atoms with Crippen molar-refractivity contribution in [1.29, 1.82) is 0 Å². The van der Waals surface area contributed by atoms with Crippen molar-refractivity contribution in [3.63, 3.8) is 0 Å². The number of halogens is 1. The first kappa shape index (κ1) is 7.47. The van der Waals surface area contributed by atoms with Crippen LogP contribution < -0.4 is 0 Å². The first-order valence-corrected chi connectivity index (χ1v) is 4.03. The number of alkyl halides is 1. The van der Waals surface area contributed by atoms with Crippen molar-refractivity contribution in [2.24, 2.45) is 0 Å². The number of carbonyl (C=O) groups excluding carboxylic acids is 1. The quantitative estimate of drug-likeness (QED) is 0.622. The van der Waals surface area contributed by atoms with Crippen LogP contribution in [0.5, 0.6) is 0 Å². The van der Waals surface area contributed by atoms with E-state index in [0.717, 1.165) is 11.1 Å². The molecule has 0 spiro atoms. The molecule has 0 radical (unpaired) electrons. The number of hydrogen-bond acceptors (Lipinski definition) is 1. The highest BCUT2D eigenvalue weighted by Crippen LogP contribution is 2.25. The molecule has 0 aromatic heterocycles. The summed E-state index contributed by atoms with van der Waals surface area (Å²) in [7, 11) is 0. The Labute approximate surface area is 70.2 Å². The van der Waals surface area contributed by atoms with Gasteiger partial charge in [-0.1, -0.05) is 18.2 Å². The summed E-state index contributed by atoms with van der Waals surface area (Å²) in [6, 6.07) is 5.28. The molecular weight excluding hydrogens is 155 g/mol. The summed E-state index contributed by atoms with van der Waals surface area (Å²) in [5.74, 6) is 0.153. The van der Waals surface area contributed by atoms with Crippen LogP contribution in [0.2, 0.25) is 0 Å². The molecule has 1 aromatic carbocycles. The van der Waals surface area contributed by atoms with Crippen LogP contribution >= 0.6 is 0 Å². The van der Waals surface area contributed by atoms with Crippen molar-refractivity contribution < 1.29 is 9.18 Å². The van der Waals surface area contributed by atoms with Gasteiger partial charge in [-0.3, -0.25) is 4.79 Å². The minimum Gasteiger partial charge on any atom is -0.294 e. The Balaban J connectivity index is 2.58. The van der Waals surface area contributed by atoms with Crippen molar-refractivity contribution in [3.05, 3.63) is 34.9 Å². The van der Waals surface area contributed by atoms with Gasteiger partial charge in [0.25, 0.3) is 0 Å². The Hall–Kier alpha value is -1.18. The first-order valence-electron chi connectivity index (χ1n) is 4.03. The van der Waals surface area contributed by atoms with Gasteiger partial charge in [-0.2, -0.15) is 0 Å². The highest BCUT2D eigenvalue weighted by atomic mass is 19.1. The molecule has 0 atom stereocenters. The fraction of sp³-hybridized carbons (Fsp3) is 0.300. The molecule has 1 aliphatic carbocycles. The molecule has 12 heavy (non-hydrogen) atoms. The summed E-state index contributed by atoms with van der Waals surface area (Å²) < 4.78 is 12.4. The maximum Gasteiger partial charge on any atom is 0.163 e. The van der Waals surface area contributed by atoms with E-state index in [9.17, 15) is 9.18 Å². The van der Waals surface area contributed by atoms with E-state index in [2.05, 4.69) is 0 Å². The Morgan fingerprint density at radius 1 is 1.33 bits per heavy atom. The zero-order chi connectivity index (χ0) is 8.55. The minimum atomic E-state index is -0.462. The van der Waals surface area contributed by atoms with Gasteiger partial charge in [0.05, 0.1) is 0 Å². The molecule has 0 aliphatic heterocycles. The lowest BCUT2D eigenvalue weighted by Gasteiger charge is -2.01. The zero-order valence-electron chi connectivity index (χ0n) is 6.64. The van der Waals surface area contributed by atoms with Gasteiger partial charge >= 0.3 is 0 Å². The second kappa shape index (κ2) is 2.70. The third kappa shape index (κ3) is 0.951. The monoisotopic (exact) mass is 164 g/mol. The highest BCUT2D eigenvalue weighted by Gasteiger charge is 2.21. The summed E-state index contributed by atoms with van der Waals surface area (Å²) in [5, 5.41) is 0. The lowest BCUT2D eigenvalue weighted by molar-refractivity contribution is 0.0994. The van der Waals surface area contributed by atoms with Gasteiger partial charge < -0.3 is 0 Å². The Morgan fingerprint density at radius 3 is 2.92 bits per heavy atom. The lowest BCUT2D eigenvalue weighted by atomic mass is 10.0. The smallest absolute Gasteiger partial charge is 0.163 e. The molecule has 1 aromatic rings. The molecule has 0 saturated carbocycles. The molecule has 0 heterocycles. The minimum absolute atomic E-state index is 0.153. The zero-order valence-corrected chi connectivity index (χ0v) is 6.64. The van der Waals surface area contributed by atoms with Crippen LogP contribution in [0, 0.1) is 0 Å². The average Bonchev–Trinajstić information content (AvgIpc) is 2.48. The summed E-state index contributed by atoms with van der Waals surface area (Å²) in [6.45, 7) is -0.462. The summed E-state index contributed by atoms with van der Waals surface area (Å²) in [4.78, 5) is 11.2. The molecule has 0 unspecified atom stereocenters. The van der Waals surface area contributed by atoms with E-state index in [1.807, 2.05) is 0 Å². The molecule has 0 saturated heterocycles. The molecular formula is C10H9FO. The van der Waals surface area contributed by atoms with Gasteiger partial charge in [0.2, 0.25) is 0 Å². The van der Waals surface area contributed by atoms with E-state index in [1.165, 1.54) is 0 Å². The summed E-state index contributed by atoms with van der Waals surface area (Å²) in [5.41, 5.74) is 2.33. The average molecular weight is 164 g/mol. The first-order chi connectivity index (χ1) is 5.83. The van der Waals surface area contributed by atoms with Crippen molar-refractivity contribution in [2.75, 3.05) is 0 Å². The molecule has 0 amide bonds. The van der Waals surface area contributed by atoms with Gasteiger partial charge in [0, 0.05) is 12.0 Å². The second-order valence-electron chi connectivity index (χ2n) is 3.00. The van der Waals surface area contributed by atoms with Gasteiger partial charge in [-0.05, 0) is 17.5 Å². The van der Waals surface area contributed by atoms with E-state index in [0.29, 0.717) is 18.4 Å². The summed E-state index contributed by atoms with van der Waals surface area (Å²) in [6.07, 6.45) is 1.26. The fourth-order valence-corrected chi connectivity index (χ4v) is 1.69. The van der Waals surface area contributed by atoms with E-state index in [1.54, 1.807) is 18.2 Å². The number of ketones is 1. The molecule has 2 heteroatoms. The number of rotatable bonds is 1. The predicted molar refractivity (Wildman–Crippen MR) is 43.9 cm³/mol. The van der Waals surface area contributed by atoms with Crippen molar-refractivity contribution in [1.82, 2.24) is 0 Å². The van der Waals surface area contributed by atoms with Gasteiger partial charge in [0.15, 0.2) is 5.78 Å². The Kier molecular flexibility index (Phi) is 1.68. The Bertz CT molecular complexity index is 331. The molecule has 62 valence electrons. The highest BCUT2D eigenvalue weighted by molar-refractivity contribution is 6.00. The Morgan fingerprint density at radius 2 is 2.17 bits per heavy atom. The third-order valence-electron chi connectivity index (χ3n) is 2.32. The number of carbonyl (C=O) groups is 1. The number of Topliss-reactive ketones (excluding diaryl/α,β-unsaturated/α-hetero) is 1. The summed E-state index contributed by atoms with van der Waals surface area (Å²) >= 11 is 0. The van der Waals surface area contributed by atoms with E-state index in [4.69, 9.17) is 0 Å². The topological polar surface area (TPSA) is 17.1 Å². The predicted octanol–water partition coefficient (Wildman–Crippen LogP) is 2.29. The van der Waals surface area contributed by atoms with Crippen molar-refractivity contribution in [2.45, 2.75) is 19.5 Å². The van der Waals surface area contributed by atoms with Crippen LogP contribution in [0.4, 0.5) is 4.39 Å². The molecule has 1 nitrogen and oxygen atoms in total. The molecule has 0 bridgehead atoms. The number of benzene rings is 1. The molecule has 0 fully saturated rings. The number of hydrogen-bond donors (Lipinski definition) is 0. The maximum absolute atomic E-state index is 12.4. The third-order valence-corrected chi connectivity index (χ3v) is 2.32. The van der Waals surface area contributed by atoms with Gasteiger partial charge in [-0.15, -0.1) is 0 Å². The largest absolute Gasteiger partial charge is 0.294 e. The fourth-order valence-electron chi connectivity index (χ4n) is 1.69. The SMILES string of the molecule is O=C1CCc2c(CF)cccc21. The van der Waals surface area contributed by atoms with Crippen LogP contribution in [0.3, 0.4) is 0 Å². The van der Waals surface area contributed by atoms with E-state index in [-0.39, 0.29) is 5.78 Å². The van der Waals surface area contributed by atoms with Gasteiger partial charge in [-0.25, -0.2) is 4.39 Å². The molecule has 2 rings (SSSR count). The normalized spacial score (nSPS) is 14.9. The lowest BCUT2D eigenvalue weighted by Crippen LogP contribution is -1.93. The van der Waals surface area contributed by atoms with Gasteiger partial charge in [0.1, 0.15) is 6.67 Å². The molecule has 1 aliphatic rings. The van der Waals surface area contributed by atoms with Crippen LogP contribution in [-0.2, 0) is 13.1 Å². The van der Waals surface area contributed by atoms with Crippen LogP contribution in [0.25, 0.3) is 0 Å². The molecule has 0 N–H and O–H groups in total. The van der Waals surface area contributed by atoms with Crippen LogP contribution in [0.1, 0.15) is 27.9 Å². The van der Waals surface area contributed by atoms with Crippen molar-refractivity contribution in [3.8, 4) is 0 Å².